The summed E-state index contributed by atoms with van der Waals surface area (Å²) in [5.41, 5.74) is 0.885. The van der Waals surface area contributed by atoms with E-state index >= 15 is 0 Å². The van der Waals surface area contributed by atoms with Crippen LogP contribution in [-0.4, -0.2) is 34.8 Å². The molecule has 1 aromatic heterocycles. The van der Waals surface area contributed by atoms with Crippen molar-refractivity contribution in [3.63, 3.8) is 0 Å². The SMILES string of the molecule is COc1cc(/C=N\n2c(C)n[nH]c2=S)ccc1OCC(C)C. The molecule has 22 heavy (non-hydrogen) atoms. The number of hydrogen-bond donors (Lipinski definition) is 1. The highest BCUT2D eigenvalue weighted by Crippen LogP contribution is 2.28. The number of nitrogens with one attached hydrogen (secondary N) is 1. The lowest BCUT2D eigenvalue weighted by Crippen LogP contribution is -2.05. The molecule has 0 bridgehead atoms. The van der Waals surface area contributed by atoms with Gasteiger partial charge >= 0.3 is 0 Å². The Labute approximate surface area is 134 Å². The Morgan fingerprint density at radius 2 is 2.18 bits per heavy atom. The topological polar surface area (TPSA) is 64.4 Å². The molecule has 0 atom stereocenters. The molecule has 7 heteroatoms. The minimum atomic E-state index is 0.455. The summed E-state index contributed by atoms with van der Waals surface area (Å²) in [5.74, 6) is 2.56. The van der Waals surface area contributed by atoms with Crippen LogP contribution in [0.2, 0.25) is 0 Å². The molecule has 0 unspecified atom stereocenters. The highest BCUT2D eigenvalue weighted by molar-refractivity contribution is 7.71. The number of benzene rings is 1. The molecule has 0 radical (unpaired) electrons. The van der Waals surface area contributed by atoms with Gasteiger partial charge < -0.3 is 9.47 Å². The summed E-state index contributed by atoms with van der Waals surface area (Å²) in [6, 6.07) is 5.67. The third kappa shape index (κ3) is 3.94. The number of aryl methyl sites for hydroxylation is 1. The van der Waals surface area contributed by atoms with Crippen LogP contribution in [0.15, 0.2) is 23.3 Å². The number of H-pyrrole nitrogens is 1. The monoisotopic (exact) mass is 320 g/mol. The Bertz CT molecular complexity index is 719. The average Bonchev–Trinajstić information content (AvgIpc) is 2.82. The van der Waals surface area contributed by atoms with E-state index < -0.39 is 0 Å². The molecule has 6 nitrogen and oxygen atoms in total. The minimum absolute atomic E-state index is 0.455. The van der Waals surface area contributed by atoms with E-state index in [-0.39, 0.29) is 0 Å². The molecule has 0 aliphatic heterocycles. The van der Waals surface area contributed by atoms with Crippen molar-refractivity contribution in [1.82, 2.24) is 14.9 Å². The summed E-state index contributed by atoms with van der Waals surface area (Å²) in [4.78, 5) is 0. The molecule has 1 N–H and O–H groups in total. The normalized spacial score (nSPS) is 11.3. The van der Waals surface area contributed by atoms with Crippen molar-refractivity contribution in [2.45, 2.75) is 20.8 Å². The Morgan fingerprint density at radius 1 is 1.41 bits per heavy atom. The van der Waals surface area contributed by atoms with Gasteiger partial charge in [-0.05, 0) is 48.8 Å². The van der Waals surface area contributed by atoms with E-state index in [1.165, 1.54) is 0 Å². The lowest BCUT2D eigenvalue weighted by molar-refractivity contribution is 0.257. The molecular formula is C15H20N4O2S. The van der Waals surface area contributed by atoms with E-state index in [0.717, 1.165) is 11.3 Å². The van der Waals surface area contributed by atoms with Gasteiger partial charge in [0.1, 0.15) is 5.82 Å². The Hall–Kier alpha value is -2.15. The van der Waals surface area contributed by atoms with Crippen LogP contribution in [0.4, 0.5) is 0 Å². The molecule has 0 saturated carbocycles. The number of aromatic amines is 1. The van der Waals surface area contributed by atoms with Crippen molar-refractivity contribution < 1.29 is 9.47 Å². The fraction of sp³-hybridized carbons (Fsp3) is 0.400. The maximum absolute atomic E-state index is 5.73. The van der Waals surface area contributed by atoms with Crippen LogP contribution in [-0.2, 0) is 0 Å². The molecule has 118 valence electrons. The molecule has 0 amide bonds. The minimum Gasteiger partial charge on any atom is -0.493 e. The first-order valence-electron chi connectivity index (χ1n) is 7.00. The van der Waals surface area contributed by atoms with Crippen molar-refractivity contribution >= 4 is 18.4 Å². The van der Waals surface area contributed by atoms with Gasteiger partial charge in [0.25, 0.3) is 0 Å². The molecular weight excluding hydrogens is 300 g/mol. The molecule has 0 saturated heterocycles. The van der Waals surface area contributed by atoms with Gasteiger partial charge in [0.15, 0.2) is 11.5 Å². The van der Waals surface area contributed by atoms with Gasteiger partial charge in [-0.15, -0.1) is 0 Å². The average molecular weight is 320 g/mol. The molecule has 1 aromatic carbocycles. The third-order valence-corrected chi connectivity index (χ3v) is 3.16. The van der Waals surface area contributed by atoms with Crippen LogP contribution in [0, 0.1) is 17.6 Å². The molecule has 0 aliphatic rings. The van der Waals surface area contributed by atoms with E-state index in [4.69, 9.17) is 21.7 Å². The standard InChI is InChI=1S/C15H20N4O2S/c1-10(2)9-21-13-6-5-12(7-14(13)20-4)8-16-19-11(3)17-18-15(19)22/h5-8,10H,9H2,1-4H3,(H,18,22)/b16-8-. The molecule has 1 heterocycles. The van der Waals surface area contributed by atoms with E-state index in [1.807, 2.05) is 25.1 Å². The van der Waals surface area contributed by atoms with E-state index in [9.17, 15) is 0 Å². The third-order valence-electron chi connectivity index (χ3n) is 2.89. The quantitative estimate of drug-likeness (QED) is 0.656. The first kappa shape index (κ1) is 16.2. The van der Waals surface area contributed by atoms with E-state index in [0.29, 0.717) is 28.9 Å². The number of methoxy groups -OCH3 is 1. The van der Waals surface area contributed by atoms with Crippen LogP contribution >= 0.6 is 12.2 Å². The zero-order valence-corrected chi connectivity index (χ0v) is 14.0. The fourth-order valence-corrected chi connectivity index (χ4v) is 2.00. The van der Waals surface area contributed by atoms with Crippen molar-refractivity contribution in [2.24, 2.45) is 11.0 Å². The Kier molecular flexibility index (Phi) is 5.32. The van der Waals surface area contributed by atoms with Crippen molar-refractivity contribution in [3.05, 3.63) is 34.4 Å². The number of nitrogens with zero attached hydrogens (tertiary/aromatic N) is 3. The first-order chi connectivity index (χ1) is 10.5. The zero-order valence-electron chi connectivity index (χ0n) is 13.2. The second-order valence-corrected chi connectivity index (χ2v) is 5.63. The van der Waals surface area contributed by atoms with Gasteiger partial charge in [-0.3, -0.25) is 5.10 Å². The van der Waals surface area contributed by atoms with Crippen LogP contribution in [0.25, 0.3) is 0 Å². The van der Waals surface area contributed by atoms with Crippen LogP contribution in [0.1, 0.15) is 25.2 Å². The number of aromatic nitrogens is 3. The maximum atomic E-state index is 5.73. The Balaban J connectivity index is 2.21. The second-order valence-electron chi connectivity index (χ2n) is 5.25. The molecule has 2 aromatic rings. The van der Waals surface area contributed by atoms with Gasteiger partial charge in [-0.1, -0.05) is 13.8 Å². The summed E-state index contributed by atoms with van der Waals surface area (Å²) in [5, 5.41) is 11.0. The smallest absolute Gasteiger partial charge is 0.216 e. The summed E-state index contributed by atoms with van der Waals surface area (Å²) >= 11 is 5.10. The lowest BCUT2D eigenvalue weighted by atomic mass is 10.2. The Morgan fingerprint density at radius 3 is 2.77 bits per heavy atom. The molecule has 2 rings (SSSR count). The molecule has 0 spiro atoms. The first-order valence-corrected chi connectivity index (χ1v) is 7.41. The summed E-state index contributed by atoms with van der Waals surface area (Å²) in [6.07, 6.45) is 1.70. The van der Waals surface area contributed by atoms with Crippen molar-refractivity contribution in [1.29, 1.82) is 0 Å². The van der Waals surface area contributed by atoms with E-state index in [1.54, 1.807) is 18.0 Å². The summed E-state index contributed by atoms with van der Waals surface area (Å²) in [6.45, 7) is 6.68. The van der Waals surface area contributed by atoms with Gasteiger partial charge in [-0.2, -0.15) is 14.9 Å². The lowest BCUT2D eigenvalue weighted by Gasteiger charge is -2.12. The van der Waals surface area contributed by atoms with Gasteiger partial charge in [0.2, 0.25) is 4.77 Å². The van der Waals surface area contributed by atoms with Crippen LogP contribution in [0.5, 0.6) is 11.5 Å². The fourth-order valence-electron chi connectivity index (χ4n) is 1.77. The number of rotatable bonds is 6. The predicted molar refractivity (Wildman–Crippen MR) is 88.5 cm³/mol. The van der Waals surface area contributed by atoms with Crippen molar-refractivity contribution in [3.8, 4) is 11.5 Å². The van der Waals surface area contributed by atoms with Crippen molar-refractivity contribution in [2.75, 3.05) is 13.7 Å². The molecule has 0 fully saturated rings. The van der Waals surface area contributed by atoms with Gasteiger partial charge in [0, 0.05) is 0 Å². The zero-order chi connectivity index (χ0) is 16.1. The second kappa shape index (κ2) is 7.22. The maximum Gasteiger partial charge on any atom is 0.216 e. The van der Waals surface area contributed by atoms with Gasteiger partial charge in [0.05, 0.1) is 19.9 Å². The highest BCUT2D eigenvalue weighted by atomic mass is 32.1. The number of hydrogen-bond acceptors (Lipinski definition) is 5. The summed E-state index contributed by atoms with van der Waals surface area (Å²) < 4.78 is 13.1. The van der Waals surface area contributed by atoms with E-state index in [2.05, 4.69) is 29.1 Å². The predicted octanol–water partition coefficient (Wildman–Crippen LogP) is 3.17. The van der Waals surface area contributed by atoms with Crippen LogP contribution in [0.3, 0.4) is 0 Å². The largest absolute Gasteiger partial charge is 0.493 e. The molecule has 0 aliphatic carbocycles. The van der Waals surface area contributed by atoms with Gasteiger partial charge in [-0.25, -0.2) is 0 Å². The number of ether oxygens (including phenoxy) is 2. The van der Waals surface area contributed by atoms with Crippen LogP contribution < -0.4 is 9.47 Å². The highest BCUT2D eigenvalue weighted by Gasteiger charge is 2.06. The summed E-state index contributed by atoms with van der Waals surface area (Å²) in [7, 11) is 1.62.